The van der Waals surface area contributed by atoms with Gasteiger partial charge in [0.1, 0.15) is 0 Å². The summed E-state index contributed by atoms with van der Waals surface area (Å²) in [6, 6.07) is 6.60. The molecule has 0 saturated heterocycles. The van der Waals surface area contributed by atoms with Crippen LogP contribution in [-0.4, -0.2) is 45.0 Å². The number of sulfonamides is 1. The summed E-state index contributed by atoms with van der Waals surface area (Å²) < 4.78 is 24.8. The molecule has 0 bridgehead atoms. The fourth-order valence-corrected chi connectivity index (χ4v) is 3.27. The third kappa shape index (κ3) is 10.8. The molecule has 0 atom stereocenters. The summed E-state index contributed by atoms with van der Waals surface area (Å²) in [5.41, 5.74) is 1.10. The van der Waals surface area contributed by atoms with Gasteiger partial charge in [-0.05, 0) is 43.8 Å². The van der Waals surface area contributed by atoms with Crippen molar-refractivity contribution < 1.29 is 13.2 Å². The number of unbranched alkanes of at least 4 members (excludes halogenated alkanes) is 4. The lowest BCUT2D eigenvalue weighted by Crippen LogP contribution is -2.27. The van der Waals surface area contributed by atoms with Gasteiger partial charge in [0, 0.05) is 24.2 Å². The fourth-order valence-electron chi connectivity index (χ4n) is 2.71. The number of nitrogens with zero attached hydrogens (tertiary/aromatic N) is 1. The summed E-state index contributed by atoms with van der Waals surface area (Å²) in [5.74, 6) is 0.0929. The number of benzene rings is 1. The Morgan fingerprint density at radius 3 is 2.15 bits per heavy atom. The predicted octanol–water partition coefficient (Wildman–Crippen LogP) is 4.35. The van der Waals surface area contributed by atoms with Crippen molar-refractivity contribution in [1.29, 1.82) is 0 Å². The van der Waals surface area contributed by atoms with E-state index in [2.05, 4.69) is 23.5 Å². The molecule has 1 rings (SSSR count). The number of halogens is 1. The van der Waals surface area contributed by atoms with E-state index in [1.807, 2.05) is 0 Å². The van der Waals surface area contributed by atoms with Gasteiger partial charge in [0.25, 0.3) is 0 Å². The molecule has 0 aliphatic carbocycles. The van der Waals surface area contributed by atoms with Gasteiger partial charge < -0.3 is 4.90 Å². The first-order chi connectivity index (χ1) is 11.9. The number of carbonyl (C=O) groups is 1. The van der Waals surface area contributed by atoms with Crippen LogP contribution in [-0.2, 0) is 10.0 Å². The van der Waals surface area contributed by atoms with Crippen LogP contribution in [0.3, 0.4) is 0 Å². The lowest BCUT2D eigenvalue weighted by Gasteiger charge is -2.19. The summed E-state index contributed by atoms with van der Waals surface area (Å²) >= 11 is 0. The van der Waals surface area contributed by atoms with Crippen LogP contribution in [0.25, 0.3) is 0 Å². The molecule has 0 spiro atoms. The highest BCUT2D eigenvalue weighted by Gasteiger charge is 2.10. The number of hydrogen-bond acceptors (Lipinski definition) is 4. The Labute approximate surface area is 165 Å². The first kappa shape index (κ1) is 24.9. The second kappa shape index (κ2) is 13.1. The van der Waals surface area contributed by atoms with Crippen LogP contribution in [0.5, 0.6) is 0 Å². The molecule has 0 amide bonds. The number of rotatable bonds is 13. The molecule has 1 aromatic carbocycles. The van der Waals surface area contributed by atoms with Crippen LogP contribution in [0, 0.1) is 0 Å². The van der Waals surface area contributed by atoms with Crippen LogP contribution in [0.4, 0.5) is 5.69 Å². The Bertz CT molecular complexity index is 618. The van der Waals surface area contributed by atoms with Gasteiger partial charge in [-0.1, -0.05) is 39.5 Å². The molecular formula is C19H33ClN2O3S. The standard InChI is InChI=1S/C19H32N2O3S.ClH/c1-4-6-7-8-9-15-21(5-2)16-14-19(22)17-10-12-18(13-11-17)20-25(3,23)24;/h10-13,20H,4-9,14-16H2,1-3H3;1H. The van der Waals surface area contributed by atoms with Crippen LogP contribution in [0.2, 0.25) is 0 Å². The van der Waals surface area contributed by atoms with Gasteiger partial charge in [0.05, 0.1) is 6.26 Å². The zero-order chi connectivity index (χ0) is 18.7. The molecule has 0 aliphatic rings. The molecule has 0 saturated carbocycles. The van der Waals surface area contributed by atoms with Gasteiger partial charge in [0.15, 0.2) is 5.78 Å². The Balaban J connectivity index is 0.00000625. The predicted molar refractivity (Wildman–Crippen MR) is 112 cm³/mol. The quantitative estimate of drug-likeness (QED) is 0.392. The number of carbonyl (C=O) groups excluding carboxylic acids is 1. The van der Waals surface area contributed by atoms with Gasteiger partial charge >= 0.3 is 0 Å². The molecule has 5 nitrogen and oxygen atoms in total. The molecule has 0 fully saturated rings. The van der Waals surface area contributed by atoms with Gasteiger partial charge in [-0.3, -0.25) is 9.52 Å². The lowest BCUT2D eigenvalue weighted by molar-refractivity contribution is 0.0965. The van der Waals surface area contributed by atoms with Crippen molar-refractivity contribution in [2.75, 3.05) is 30.6 Å². The minimum atomic E-state index is -3.29. The maximum absolute atomic E-state index is 12.3. The summed E-state index contributed by atoms with van der Waals surface area (Å²) in [5, 5.41) is 0. The second-order valence-electron chi connectivity index (χ2n) is 6.47. The number of hydrogen-bond donors (Lipinski definition) is 1. The highest BCUT2D eigenvalue weighted by atomic mass is 35.5. The normalized spacial score (nSPS) is 11.2. The molecule has 0 aromatic heterocycles. The minimum absolute atomic E-state index is 0. The molecule has 150 valence electrons. The monoisotopic (exact) mass is 404 g/mol. The highest BCUT2D eigenvalue weighted by Crippen LogP contribution is 2.13. The van der Waals surface area contributed by atoms with Gasteiger partial charge in [-0.25, -0.2) is 8.42 Å². The SMILES string of the molecule is CCCCCCCN(CC)CCC(=O)c1ccc(NS(C)(=O)=O)cc1.Cl. The van der Waals surface area contributed by atoms with Crippen LogP contribution in [0.1, 0.15) is 62.7 Å². The first-order valence-corrected chi connectivity index (χ1v) is 11.1. The van der Waals surface area contributed by atoms with Gasteiger partial charge in [-0.15, -0.1) is 12.4 Å². The zero-order valence-corrected chi connectivity index (χ0v) is 17.8. The number of Topliss-reactive ketones (excluding diaryl/α,β-unsaturated/α-hetero) is 1. The van der Waals surface area contributed by atoms with E-state index in [0.717, 1.165) is 25.9 Å². The molecule has 1 N–H and O–H groups in total. The van der Waals surface area contributed by atoms with E-state index in [-0.39, 0.29) is 18.2 Å². The summed E-state index contributed by atoms with van der Waals surface area (Å²) in [7, 11) is -3.29. The molecular weight excluding hydrogens is 372 g/mol. The van der Waals surface area contributed by atoms with Crippen molar-refractivity contribution in [2.45, 2.75) is 52.4 Å². The van der Waals surface area contributed by atoms with E-state index in [1.165, 1.54) is 32.1 Å². The smallest absolute Gasteiger partial charge is 0.229 e. The molecule has 0 radical (unpaired) electrons. The van der Waals surface area contributed by atoms with Crippen LogP contribution >= 0.6 is 12.4 Å². The topological polar surface area (TPSA) is 66.5 Å². The summed E-state index contributed by atoms with van der Waals surface area (Å²) in [4.78, 5) is 14.6. The van der Waals surface area contributed by atoms with Crippen molar-refractivity contribution in [3.05, 3.63) is 29.8 Å². The number of ketones is 1. The Morgan fingerprint density at radius 1 is 1.00 bits per heavy atom. The Kier molecular flexibility index (Phi) is 12.6. The van der Waals surface area contributed by atoms with Crippen molar-refractivity contribution >= 4 is 33.9 Å². The second-order valence-corrected chi connectivity index (χ2v) is 8.22. The lowest BCUT2D eigenvalue weighted by atomic mass is 10.1. The van der Waals surface area contributed by atoms with Crippen LogP contribution in [0.15, 0.2) is 24.3 Å². The van der Waals surface area contributed by atoms with Gasteiger partial charge in [-0.2, -0.15) is 0 Å². The largest absolute Gasteiger partial charge is 0.303 e. The fraction of sp³-hybridized carbons (Fsp3) is 0.632. The summed E-state index contributed by atoms with van der Waals surface area (Å²) in [6.07, 6.45) is 7.89. The molecule has 0 aliphatic heterocycles. The van der Waals surface area contributed by atoms with Gasteiger partial charge in [0.2, 0.25) is 10.0 Å². The van der Waals surface area contributed by atoms with E-state index in [0.29, 0.717) is 17.7 Å². The average molecular weight is 405 g/mol. The maximum Gasteiger partial charge on any atom is 0.229 e. The number of anilines is 1. The Hall–Kier alpha value is -1.11. The van der Waals surface area contributed by atoms with E-state index >= 15 is 0 Å². The first-order valence-electron chi connectivity index (χ1n) is 9.19. The zero-order valence-electron chi connectivity index (χ0n) is 16.2. The third-order valence-electron chi connectivity index (χ3n) is 4.19. The third-order valence-corrected chi connectivity index (χ3v) is 4.80. The van der Waals surface area contributed by atoms with Crippen molar-refractivity contribution in [1.82, 2.24) is 4.90 Å². The molecule has 0 unspecified atom stereocenters. The van der Waals surface area contributed by atoms with E-state index < -0.39 is 10.0 Å². The molecule has 1 aromatic rings. The van der Waals surface area contributed by atoms with Crippen molar-refractivity contribution in [3.8, 4) is 0 Å². The molecule has 0 heterocycles. The van der Waals surface area contributed by atoms with Crippen molar-refractivity contribution in [2.24, 2.45) is 0 Å². The van der Waals surface area contributed by atoms with Crippen molar-refractivity contribution in [3.63, 3.8) is 0 Å². The summed E-state index contributed by atoms with van der Waals surface area (Å²) in [6.45, 7) is 7.12. The minimum Gasteiger partial charge on any atom is -0.303 e. The molecule has 7 heteroatoms. The van der Waals surface area contributed by atoms with E-state index in [4.69, 9.17) is 0 Å². The number of nitrogens with one attached hydrogen (secondary N) is 1. The van der Waals surface area contributed by atoms with E-state index in [9.17, 15) is 13.2 Å². The Morgan fingerprint density at radius 2 is 1.62 bits per heavy atom. The highest BCUT2D eigenvalue weighted by molar-refractivity contribution is 7.92. The van der Waals surface area contributed by atoms with Crippen LogP contribution < -0.4 is 4.72 Å². The average Bonchev–Trinajstić information content (AvgIpc) is 2.56. The molecule has 26 heavy (non-hydrogen) atoms. The van der Waals surface area contributed by atoms with E-state index in [1.54, 1.807) is 24.3 Å². The maximum atomic E-state index is 12.3.